The molecule has 5 rings (SSSR count). The van der Waals surface area contributed by atoms with Crippen LogP contribution in [0.15, 0.2) is 0 Å². The van der Waals surface area contributed by atoms with Crippen molar-refractivity contribution >= 4 is 5.91 Å². The molecule has 0 aromatic carbocycles. The lowest BCUT2D eigenvalue weighted by Crippen LogP contribution is -2.58. The first-order valence-electron chi connectivity index (χ1n) is 9.56. The van der Waals surface area contributed by atoms with Gasteiger partial charge in [-0.25, -0.2) is 0 Å². The second-order valence-corrected chi connectivity index (χ2v) is 9.03. The number of nitrogens with one attached hydrogen (secondary N) is 1. The van der Waals surface area contributed by atoms with E-state index in [2.05, 4.69) is 5.32 Å². The first kappa shape index (κ1) is 15.9. The van der Waals surface area contributed by atoms with Crippen LogP contribution < -0.4 is 5.32 Å². The van der Waals surface area contributed by atoms with Crippen LogP contribution in [0.2, 0.25) is 0 Å². The van der Waals surface area contributed by atoms with Crippen LogP contribution in [0, 0.1) is 23.2 Å². The van der Waals surface area contributed by atoms with Gasteiger partial charge in [0.2, 0.25) is 0 Å². The minimum Gasteiger partial charge on any atom is -0.368 e. The third-order valence-electron chi connectivity index (χ3n) is 7.28. The van der Waals surface area contributed by atoms with Crippen LogP contribution in [0.1, 0.15) is 51.4 Å². The lowest BCUT2D eigenvalue weighted by atomic mass is 9.49. The summed E-state index contributed by atoms with van der Waals surface area (Å²) in [5, 5.41) is 3.34. The molecule has 4 saturated carbocycles. The Morgan fingerprint density at radius 2 is 1.61 bits per heavy atom. The van der Waals surface area contributed by atoms with Crippen LogP contribution >= 0.6 is 0 Å². The molecule has 0 aromatic heterocycles. The molecule has 0 radical (unpaired) electrons. The molecular weight excluding hydrogens is 288 g/mol. The summed E-state index contributed by atoms with van der Waals surface area (Å²) in [6, 6.07) is 0. The molecule has 4 bridgehead atoms. The zero-order valence-electron chi connectivity index (χ0n) is 14.8. The lowest BCUT2D eigenvalue weighted by Gasteiger charge is -2.58. The van der Waals surface area contributed by atoms with Crippen molar-refractivity contribution in [1.82, 2.24) is 10.2 Å². The van der Waals surface area contributed by atoms with Crippen molar-refractivity contribution in [1.29, 1.82) is 0 Å². The van der Waals surface area contributed by atoms with Crippen LogP contribution in [0.5, 0.6) is 0 Å². The smallest absolute Gasteiger partial charge is 0.254 e. The van der Waals surface area contributed by atoms with Crippen molar-refractivity contribution in [2.75, 3.05) is 33.8 Å². The van der Waals surface area contributed by atoms with Gasteiger partial charge in [-0.3, -0.25) is 4.79 Å². The number of piperidine rings is 1. The standard InChI is InChI=1S/C19H32N2O2/c1-21(17(22)19(23-2)3-5-20-6-4-19)13-18-10-14-7-15(11-18)9-16(8-14)12-18/h14-16,20H,3-13H2,1-2H3. The van der Waals surface area contributed by atoms with E-state index in [9.17, 15) is 4.79 Å². The maximum Gasteiger partial charge on any atom is 0.254 e. The molecule has 4 aliphatic carbocycles. The van der Waals surface area contributed by atoms with Gasteiger partial charge in [-0.05, 0) is 87.6 Å². The van der Waals surface area contributed by atoms with E-state index in [1.165, 1.54) is 38.5 Å². The summed E-state index contributed by atoms with van der Waals surface area (Å²) in [7, 11) is 3.73. The van der Waals surface area contributed by atoms with E-state index in [1.54, 1.807) is 7.11 Å². The van der Waals surface area contributed by atoms with E-state index in [1.807, 2.05) is 11.9 Å². The van der Waals surface area contributed by atoms with E-state index in [-0.39, 0.29) is 5.91 Å². The van der Waals surface area contributed by atoms with Gasteiger partial charge in [-0.1, -0.05) is 0 Å². The number of amides is 1. The van der Waals surface area contributed by atoms with Crippen LogP contribution in [0.3, 0.4) is 0 Å². The van der Waals surface area contributed by atoms with Crippen molar-refractivity contribution < 1.29 is 9.53 Å². The predicted octanol–water partition coefficient (Wildman–Crippen LogP) is 2.43. The molecule has 1 heterocycles. The number of rotatable bonds is 4. The average Bonchev–Trinajstić information content (AvgIpc) is 2.53. The molecule has 23 heavy (non-hydrogen) atoms. The lowest BCUT2D eigenvalue weighted by molar-refractivity contribution is -0.161. The van der Waals surface area contributed by atoms with Crippen molar-refractivity contribution in [3.05, 3.63) is 0 Å². The summed E-state index contributed by atoms with van der Waals surface area (Å²) in [6.07, 6.45) is 10.1. The van der Waals surface area contributed by atoms with Crippen molar-refractivity contribution in [3.8, 4) is 0 Å². The van der Waals surface area contributed by atoms with Crippen LogP contribution in [0.4, 0.5) is 0 Å². The Balaban J connectivity index is 1.47. The molecule has 0 atom stereocenters. The van der Waals surface area contributed by atoms with Crippen LogP contribution in [-0.2, 0) is 9.53 Å². The number of nitrogens with zero attached hydrogens (tertiary/aromatic N) is 1. The number of methoxy groups -OCH3 is 1. The third kappa shape index (κ3) is 2.72. The molecule has 130 valence electrons. The molecule has 1 aliphatic heterocycles. The predicted molar refractivity (Wildman–Crippen MR) is 90.1 cm³/mol. The molecule has 4 nitrogen and oxygen atoms in total. The molecular formula is C19H32N2O2. The largest absolute Gasteiger partial charge is 0.368 e. The Labute approximate surface area is 140 Å². The average molecular weight is 320 g/mol. The Morgan fingerprint density at radius 1 is 1.09 bits per heavy atom. The number of carbonyl (C=O) groups excluding carboxylic acids is 1. The van der Waals surface area contributed by atoms with Gasteiger partial charge in [-0.15, -0.1) is 0 Å². The first-order valence-corrected chi connectivity index (χ1v) is 9.56. The minimum absolute atomic E-state index is 0.220. The van der Waals surface area contributed by atoms with Crippen molar-refractivity contribution in [2.24, 2.45) is 23.2 Å². The van der Waals surface area contributed by atoms with Gasteiger partial charge < -0.3 is 15.0 Å². The molecule has 5 fully saturated rings. The Morgan fingerprint density at radius 3 is 2.09 bits per heavy atom. The number of carbonyl (C=O) groups is 1. The normalized spacial score (nSPS) is 41.0. The summed E-state index contributed by atoms with van der Waals surface area (Å²) >= 11 is 0. The molecule has 1 amide bonds. The van der Waals surface area contributed by atoms with Gasteiger partial charge in [0.05, 0.1) is 0 Å². The molecule has 0 aromatic rings. The molecule has 4 heteroatoms. The van der Waals surface area contributed by atoms with Gasteiger partial charge >= 0.3 is 0 Å². The number of hydrogen-bond acceptors (Lipinski definition) is 3. The molecule has 0 unspecified atom stereocenters. The van der Waals surface area contributed by atoms with E-state index in [4.69, 9.17) is 4.74 Å². The Hall–Kier alpha value is -0.610. The fourth-order valence-corrected chi connectivity index (χ4v) is 6.74. The van der Waals surface area contributed by atoms with Crippen molar-refractivity contribution in [2.45, 2.75) is 57.0 Å². The highest BCUT2D eigenvalue weighted by molar-refractivity contribution is 5.85. The zero-order valence-corrected chi connectivity index (χ0v) is 14.8. The van der Waals surface area contributed by atoms with Gasteiger partial charge in [0, 0.05) is 20.7 Å². The fourth-order valence-electron chi connectivity index (χ4n) is 6.74. The second-order valence-electron chi connectivity index (χ2n) is 9.03. The summed E-state index contributed by atoms with van der Waals surface area (Å²) in [6.45, 7) is 2.71. The summed E-state index contributed by atoms with van der Waals surface area (Å²) in [5.74, 6) is 3.05. The number of likely N-dealkylation sites (N-methyl/N-ethyl adjacent to an activating group) is 1. The van der Waals surface area contributed by atoms with Crippen LogP contribution in [-0.4, -0.2) is 50.2 Å². The first-order chi connectivity index (χ1) is 11.0. The van der Waals surface area contributed by atoms with Gasteiger partial charge in [0.15, 0.2) is 0 Å². The highest BCUT2D eigenvalue weighted by Gasteiger charge is 2.52. The van der Waals surface area contributed by atoms with Gasteiger partial charge in [-0.2, -0.15) is 0 Å². The molecule has 1 saturated heterocycles. The SMILES string of the molecule is COC1(C(=O)N(C)CC23CC4CC(CC(C4)C2)C3)CCNCC1. The minimum atomic E-state index is -0.581. The number of hydrogen-bond donors (Lipinski definition) is 1. The highest BCUT2D eigenvalue weighted by Crippen LogP contribution is 2.60. The van der Waals surface area contributed by atoms with E-state index in [0.717, 1.165) is 50.2 Å². The molecule has 1 N–H and O–H groups in total. The van der Waals surface area contributed by atoms with E-state index in [0.29, 0.717) is 5.41 Å². The van der Waals surface area contributed by atoms with Gasteiger partial charge in [0.1, 0.15) is 5.60 Å². The van der Waals surface area contributed by atoms with E-state index < -0.39 is 5.60 Å². The number of ether oxygens (including phenoxy) is 1. The Kier molecular flexibility index (Phi) is 3.96. The van der Waals surface area contributed by atoms with Crippen LogP contribution in [0.25, 0.3) is 0 Å². The van der Waals surface area contributed by atoms with E-state index >= 15 is 0 Å². The quantitative estimate of drug-likeness (QED) is 0.865. The highest BCUT2D eigenvalue weighted by atomic mass is 16.5. The molecule has 5 aliphatic rings. The fraction of sp³-hybridized carbons (Fsp3) is 0.947. The zero-order chi connectivity index (χ0) is 16.1. The summed E-state index contributed by atoms with van der Waals surface area (Å²) in [4.78, 5) is 15.2. The monoisotopic (exact) mass is 320 g/mol. The summed E-state index contributed by atoms with van der Waals surface area (Å²) in [5.41, 5.74) is -0.163. The Bertz CT molecular complexity index is 435. The maximum absolute atomic E-state index is 13.1. The topological polar surface area (TPSA) is 41.6 Å². The van der Waals surface area contributed by atoms with Crippen molar-refractivity contribution in [3.63, 3.8) is 0 Å². The second kappa shape index (κ2) is 5.73. The van der Waals surface area contributed by atoms with Gasteiger partial charge in [0.25, 0.3) is 5.91 Å². The summed E-state index contributed by atoms with van der Waals surface area (Å²) < 4.78 is 5.75. The maximum atomic E-state index is 13.1. The molecule has 0 spiro atoms. The third-order valence-corrected chi connectivity index (χ3v) is 7.28.